The lowest BCUT2D eigenvalue weighted by atomic mass is 9.88. The van der Waals surface area contributed by atoms with Gasteiger partial charge in [-0.1, -0.05) is 59.7 Å². The highest BCUT2D eigenvalue weighted by Crippen LogP contribution is 2.34. The molecule has 0 spiro atoms. The van der Waals surface area contributed by atoms with Crippen LogP contribution in [0.15, 0.2) is 48.5 Å². The minimum atomic E-state index is -0.455. The summed E-state index contributed by atoms with van der Waals surface area (Å²) in [5.74, 6) is -0.434. The van der Waals surface area contributed by atoms with E-state index in [9.17, 15) is 5.26 Å². The lowest BCUT2D eigenvalue weighted by Gasteiger charge is -2.13. The van der Waals surface area contributed by atoms with Crippen LogP contribution in [0.4, 0.5) is 0 Å². The van der Waals surface area contributed by atoms with Gasteiger partial charge in [0.2, 0.25) is 0 Å². The molecule has 2 rings (SSSR count). The van der Waals surface area contributed by atoms with E-state index in [1.165, 1.54) is 0 Å². The van der Waals surface area contributed by atoms with Crippen molar-refractivity contribution in [2.45, 2.75) is 25.8 Å². The fraction of sp³-hybridized carbons (Fsp3) is 0.222. The van der Waals surface area contributed by atoms with E-state index in [4.69, 9.17) is 6.57 Å². The molecule has 0 aliphatic rings. The Bertz CT molecular complexity index is 593. The molecular formula is C18H16N2. The second-order valence-corrected chi connectivity index (χ2v) is 5.00. The first-order valence-electron chi connectivity index (χ1n) is 6.55. The molecule has 98 valence electrons. The number of rotatable bonds is 3. The molecule has 0 radical (unpaired) electrons. The van der Waals surface area contributed by atoms with E-state index in [-0.39, 0.29) is 0 Å². The zero-order valence-electron chi connectivity index (χ0n) is 11.7. The highest BCUT2D eigenvalue weighted by atomic mass is 14.7. The van der Waals surface area contributed by atoms with E-state index in [1.54, 1.807) is 0 Å². The normalized spacial score (nSPS) is 13.0. The van der Waals surface area contributed by atoms with Crippen molar-refractivity contribution in [3.05, 3.63) is 82.2 Å². The quantitative estimate of drug-likeness (QED) is 0.743. The molecule has 2 unspecified atom stereocenters. The van der Waals surface area contributed by atoms with Gasteiger partial charge in [-0.05, 0) is 19.4 Å². The van der Waals surface area contributed by atoms with Crippen LogP contribution in [-0.4, -0.2) is 0 Å². The number of benzene rings is 2. The van der Waals surface area contributed by atoms with E-state index < -0.39 is 12.0 Å². The third kappa shape index (κ3) is 2.87. The number of nitrogens with zero attached hydrogens (tertiary/aromatic N) is 2. The predicted octanol–water partition coefficient (Wildman–Crippen LogP) is 4.57. The highest BCUT2D eigenvalue weighted by Gasteiger charge is 2.29. The standard InChI is InChI=1S/C18H16N2/c1-13-4-8-15(9-5-13)17(12-19)18(20-3)16-10-6-14(2)7-11-16/h4-11,17-18H,1-2H3. The van der Waals surface area contributed by atoms with E-state index >= 15 is 0 Å². The minimum Gasteiger partial charge on any atom is -0.307 e. The third-order valence-electron chi connectivity index (χ3n) is 3.45. The zero-order chi connectivity index (χ0) is 14.5. The lowest BCUT2D eigenvalue weighted by Crippen LogP contribution is -2.06. The molecule has 0 amide bonds. The fourth-order valence-corrected chi connectivity index (χ4v) is 2.21. The van der Waals surface area contributed by atoms with Gasteiger partial charge in [0.15, 0.2) is 5.92 Å². The number of hydrogen-bond acceptors (Lipinski definition) is 1. The van der Waals surface area contributed by atoms with E-state index in [2.05, 4.69) is 10.9 Å². The Hall–Kier alpha value is -2.58. The summed E-state index contributed by atoms with van der Waals surface area (Å²) in [5.41, 5.74) is 4.11. The van der Waals surface area contributed by atoms with Gasteiger partial charge >= 0.3 is 0 Å². The monoisotopic (exact) mass is 260 g/mol. The van der Waals surface area contributed by atoms with E-state index in [0.717, 1.165) is 22.3 Å². The second kappa shape index (κ2) is 6.04. The maximum Gasteiger partial charge on any atom is 0.268 e. The number of aryl methyl sites for hydroxylation is 2. The maximum absolute atomic E-state index is 9.47. The lowest BCUT2D eigenvalue weighted by molar-refractivity contribution is 0.744. The van der Waals surface area contributed by atoms with Crippen LogP contribution in [0.25, 0.3) is 4.85 Å². The van der Waals surface area contributed by atoms with Crippen molar-refractivity contribution in [2.75, 3.05) is 0 Å². The largest absolute Gasteiger partial charge is 0.307 e. The summed E-state index contributed by atoms with van der Waals surface area (Å²) in [6.45, 7) is 11.5. The van der Waals surface area contributed by atoms with Gasteiger partial charge in [-0.15, -0.1) is 0 Å². The molecule has 2 atom stereocenters. The Kier molecular flexibility index (Phi) is 4.18. The summed E-state index contributed by atoms with van der Waals surface area (Å²) < 4.78 is 0. The van der Waals surface area contributed by atoms with Crippen LogP contribution in [0.1, 0.15) is 34.2 Å². The Morgan fingerprint density at radius 2 is 1.35 bits per heavy atom. The molecule has 0 aliphatic heterocycles. The van der Waals surface area contributed by atoms with Crippen molar-refractivity contribution < 1.29 is 0 Å². The first-order chi connectivity index (χ1) is 9.65. The van der Waals surface area contributed by atoms with Crippen LogP contribution in [-0.2, 0) is 0 Å². The molecule has 0 saturated heterocycles. The van der Waals surface area contributed by atoms with Crippen molar-refractivity contribution >= 4 is 0 Å². The summed E-state index contributed by atoms with van der Waals surface area (Å²) in [6.07, 6.45) is 0. The van der Waals surface area contributed by atoms with Crippen LogP contribution >= 0.6 is 0 Å². The summed E-state index contributed by atoms with van der Waals surface area (Å²) >= 11 is 0. The molecule has 0 aliphatic carbocycles. The zero-order valence-corrected chi connectivity index (χ0v) is 11.7. The SMILES string of the molecule is [C-]#[N+]C(c1ccc(C)cc1)C(C#N)c1ccc(C)cc1. The molecule has 0 bridgehead atoms. The average molecular weight is 260 g/mol. The van der Waals surface area contributed by atoms with Crippen molar-refractivity contribution in [1.29, 1.82) is 5.26 Å². The van der Waals surface area contributed by atoms with E-state index in [0.29, 0.717) is 0 Å². The summed E-state index contributed by atoms with van der Waals surface area (Å²) in [4.78, 5) is 3.69. The molecule has 0 saturated carbocycles. The smallest absolute Gasteiger partial charge is 0.268 e. The topological polar surface area (TPSA) is 28.1 Å². The third-order valence-corrected chi connectivity index (χ3v) is 3.45. The molecule has 2 nitrogen and oxygen atoms in total. The van der Waals surface area contributed by atoms with Gasteiger partial charge < -0.3 is 4.85 Å². The Morgan fingerprint density at radius 3 is 1.75 bits per heavy atom. The first kappa shape index (κ1) is 13.8. The van der Waals surface area contributed by atoms with Gasteiger partial charge in [-0.25, -0.2) is 6.57 Å². The van der Waals surface area contributed by atoms with Gasteiger partial charge in [0.05, 0.1) is 6.07 Å². The van der Waals surface area contributed by atoms with Crippen LogP contribution in [0.5, 0.6) is 0 Å². The van der Waals surface area contributed by atoms with Crippen molar-refractivity contribution in [3.8, 4) is 6.07 Å². The van der Waals surface area contributed by atoms with Gasteiger partial charge in [-0.2, -0.15) is 5.26 Å². The van der Waals surface area contributed by atoms with Crippen LogP contribution in [0.2, 0.25) is 0 Å². The molecule has 2 aromatic rings. The van der Waals surface area contributed by atoms with Crippen LogP contribution in [0.3, 0.4) is 0 Å². The molecule has 2 heteroatoms. The van der Waals surface area contributed by atoms with Gasteiger partial charge in [0, 0.05) is 5.56 Å². The van der Waals surface area contributed by atoms with Crippen molar-refractivity contribution in [3.63, 3.8) is 0 Å². The molecule has 2 aromatic carbocycles. The first-order valence-corrected chi connectivity index (χ1v) is 6.55. The Morgan fingerprint density at radius 1 is 0.900 bits per heavy atom. The van der Waals surface area contributed by atoms with Crippen LogP contribution < -0.4 is 0 Å². The predicted molar refractivity (Wildman–Crippen MR) is 80.1 cm³/mol. The van der Waals surface area contributed by atoms with Gasteiger partial charge in [-0.3, -0.25) is 0 Å². The highest BCUT2D eigenvalue weighted by molar-refractivity contribution is 5.36. The van der Waals surface area contributed by atoms with Gasteiger partial charge in [0.25, 0.3) is 6.04 Å². The van der Waals surface area contributed by atoms with Crippen LogP contribution in [0, 0.1) is 31.8 Å². The molecule has 0 heterocycles. The molecule has 0 fully saturated rings. The maximum atomic E-state index is 9.47. The summed E-state index contributed by atoms with van der Waals surface area (Å²) in [6, 6.07) is 17.5. The number of hydrogen-bond donors (Lipinski definition) is 0. The fourth-order valence-electron chi connectivity index (χ4n) is 2.21. The minimum absolute atomic E-state index is 0.434. The van der Waals surface area contributed by atoms with E-state index in [1.807, 2.05) is 62.4 Å². The van der Waals surface area contributed by atoms with Crippen molar-refractivity contribution in [2.24, 2.45) is 0 Å². The second-order valence-electron chi connectivity index (χ2n) is 5.00. The summed E-state index contributed by atoms with van der Waals surface area (Å²) in [7, 11) is 0. The summed E-state index contributed by atoms with van der Waals surface area (Å²) in [5, 5.41) is 9.47. The molecule has 20 heavy (non-hydrogen) atoms. The van der Waals surface area contributed by atoms with Crippen molar-refractivity contribution in [1.82, 2.24) is 0 Å². The average Bonchev–Trinajstić information content (AvgIpc) is 2.47. The Balaban J connectivity index is 2.38. The Labute approximate surface area is 120 Å². The molecule has 0 N–H and O–H groups in total. The number of nitriles is 1. The molecular weight excluding hydrogens is 244 g/mol. The molecule has 0 aromatic heterocycles. The van der Waals surface area contributed by atoms with Gasteiger partial charge in [0.1, 0.15) is 0 Å².